The van der Waals surface area contributed by atoms with Crippen molar-refractivity contribution in [1.82, 2.24) is 10.3 Å². The van der Waals surface area contributed by atoms with Gasteiger partial charge in [0.15, 0.2) is 0 Å². The van der Waals surface area contributed by atoms with Crippen LogP contribution in [0.2, 0.25) is 0 Å². The highest BCUT2D eigenvalue weighted by Crippen LogP contribution is 2.11. The van der Waals surface area contributed by atoms with E-state index in [2.05, 4.69) is 36.5 Å². The topological polar surface area (TPSA) is 34.1 Å². The molecule has 0 radical (unpaired) electrons. The van der Waals surface area contributed by atoms with Gasteiger partial charge in [0.05, 0.1) is 17.3 Å². The Bertz CT molecular complexity index is 249. The highest BCUT2D eigenvalue weighted by atomic mass is 32.1. The summed E-state index contributed by atoms with van der Waals surface area (Å²) in [4.78, 5) is 4.27. The van der Waals surface area contributed by atoms with Crippen molar-refractivity contribution in [2.45, 2.75) is 39.3 Å². The number of nitrogens with one attached hydrogen (secondary N) is 1. The Labute approximate surface area is 95.9 Å². The molecule has 1 aromatic heterocycles. The maximum atomic E-state index is 5.46. The van der Waals surface area contributed by atoms with E-state index < -0.39 is 0 Å². The standard InChI is InChI=1S/C11H20N2OS/c1-9(2)14-6-4-5-12-10(3)11-7-15-8-13-11/h7-10,12H,4-6H2,1-3H3. The highest BCUT2D eigenvalue weighted by Gasteiger charge is 2.05. The van der Waals surface area contributed by atoms with Crippen molar-refractivity contribution in [2.24, 2.45) is 0 Å². The van der Waals surface area contributed by atoms with Crippen molar-refractivity contribution < 1.29 is 4.74 Å². The van der Waals surface area contributed by atoms with Gasteiger partial charge < -0.3 is 10.1 Å². The Morgan fingerprint density at radius 1 is 1.47 bits per heavy atom. The van der Waals surface area contributed by atoms with Gasteiger partial charge in [0, 0.05) is 18.0 Å². The minimum absolute atomic E-state index is 0.334. The van der Waals surface area contributed by atoms with Crippen LogP contribution < -0.4 is 5.32 Å². The lowest BCUT2D eigenvalue weighted by molar-refractivity contribution is 0.0767. The number of nitrogens with zero attached hydrogens (tertiary/aromatic N) is 1. The molecule has 0 aliphatic heterocycles. The first kappa shape index (κ1) is 12.6. The second-order valence-electron chi connectivity index (χ2n) is 3.86. The fourth-order valence-electron chi connectivity index (χ4n) is 1.25. The summed E-state index contributed by atoms with van der Waals surface area (Å²) < 4.78 is 5.46. The van der Waals surface area contributed by atoms with E-state index in [9.17, 15) is 0 Å². The van der Waals surface area contributed by atoms with Crippen LogP contribution in [-0.4, -0.2) is 24.2 Å². The second kappa shape index (κ2) is 6.93. The Kier molecular flexibility index (Phi) is 5.83. The summed E-state index contributed by atoms with van der Waals surface area (Å²) >= 11 is 1.64. The number of hydrogen-bond acceptors (Lipinski definition) is 4. The average molecular weight is 228 g/mol. The van der Waals surface area contributed by atoms with E-state index in [0.717, 1.165) is 25.3 Å². The first-order valence-electron chi connectivity index (χ1n) is 5.43. The van der Waals surface area contributed by atoms with E-state index in [4.69, 9.17) is 4.74 Å². The van der Waals surface area contributed by atoms with Crippen LogP contribution in [0.5, 0.6) is 0 Å². The molecule has 3 nitrogen and oxygen atoms in total. The molecule has 4 heteroatoms. The van der Waals surface area contributed by atoms with E-state index in [-0.39, 0.29) is 0 Å². The van der Waals surface area contributed by atoms with Crippen molar-refractivity contribution in [3.63, 3.8) is 0 Å². The first-order valence-corrected chi connectivity index (χ1v) is 6.37. The largest absolute Gasteiger partial charge is 0.379 e. The molecule has 0 fully saturated rings. The normalized spacial score (nSPS) is 13.3. The van der Waals surface area contributed by atoms with Gasteiger partial charge in [-0.2, -0.15) is 0 Å². The van der Waals surface area contributed by atoms with Gasteiger partial charge in [-0.1, -0.05) is 0 Å². The quantitative estimate of drug-likeness (QED) is 0.728. The van der Waals surface area contributed by atoms with Crippen LogP contribution in [0.25, 0.3) is 0 Å². The fourth-order valence-corrected chi connectivity index (χ4v) is 1.90. The number of rotatable bonds is 7. The molecule has 1 rings (SSSR count). The van der Waals surface area contributed by atoms with Gasteiger partial charge in [0.1, 0.15) is 0 Å². The van der Waals surface area contributed by atoms with E-state index >= 15 is 0 Å². The Balaban J connectivity index is 2.05. The maximum Gasteiger partial charge on any atom is 0.0795 e. The van der Waals surface area contributed by atoms with Crippen LogP contribution in [-0.2, 0) is 4.74 Å². The van der Waals surface area contributed by atoms with E-state index in [0.29, 0.717) is 12.1 Å². The van der Waals surface area contributed by atoms with Gasteiger partial charge in [0.2, 0.25) is 0 Å². The third kappa shape index (κ3) is 5.25. The lowest BCUT2D eigenvalue weighted by Gasteiger charge is -2.12. The van der Waals surface area contributed by atoms with Crippen LogP contribution in [0.3, 0.4) is 0 Å². The maximum absolute atomic E-state index is 5.46. The van der Waals surface area contributed by atoms with E-state index in [1.165, 1.54) is 0 Å². The summed E-state index contributed by atoms with van der Waals surface area (Å²) in [5, 5.41) is 5.51. The number of hydrogen-bond donors (Lipinski definition) is 1. The van der Waals surface area contributed by atoms with Gasteiger partial charge >= 0.3 is 0 Å². The van der Waals surface area contributed by atoms with Crippen molar-refractivity contribution in [2.75, 3.05) is 13.2 Å². The zero-order valence-corrected chi connectivity index (χ0v) is 10.5. The predicted octanol–water partition coefficient (Wildman–Crippen LogP) is 2.61. The summed E-state index contributed by atoms with van der Waals surface area (Å²) in [5.74, 6) is 0. The molecule has 0 bridgehead atoms. The zero-order valence-electron chi connectivity index (χ0n) is 9.69. The SMILES string of the molecule is CC(C)OCCCNC(C)c1cscn1. The van der Waals surface area contributed by atoms with Crippen molar-refractivity contribution in [1.29, 1.82) is 0 Å². The minimum atomic E-state index is 0.334. The molecule has 1 N–H and O–H groups in total. The van der Waals surface area contributed by atoms with Crippen molar-refractivity contribution in [3.8, 4) is 0 Å². The summed E-state index contributed by atoms with van der Waals surface area (Å²) in [5.41, 5.74) is 3.00. The molecule has 0 amide bonds. The molecule has 0 spiro atoms. The van der Waals surface area contributed by atoms with Gasteiger partial charge in [0.25, 0.3) is 0 Å². The number of aromatic nitrogens is 1. The summed E-state index contributed by atoms with van der Waals surface area (Å²) in [7, 11) is 0. The third-order valence-electron chi connectivity index (χ3n) is 2.12. The molecule has 0 aromatic carbocycles. The Hall–Kier alpha value is -0.450. The summed E-state index contributed by atoms with van der Waals surface area (Å²) in [6.07, 6.45) is 1.38. The zero-order chi connectivity index (χ0) is 11.1. The van der Waals surface area contributed by atoms with Crippen LogP contribution in [0.1, 0.15) is 38.9 Å². The molecule has 86 valence electrons. The van der Waals surface area contributed by atoms with Crippen LogP contribution in [0.15, 0.2) is 10.9 Å². The molecule has 1 unspecified atom stereocenters. The van der Waals surface area contributed by atoms with E-state index in [1.54, 1.807) is 11.3 Å². The van der Waals surface area contributed by atoms with Gasteiger partial charge in [-0.3, -0.25) is 0 Å². The molecular formula is C11H20N2OS. The Morgan fingerprint density at radius 3 is 2.87 bits per heavy atom. The molecule has 0 aliphatic carbocycles. The molecule has 0 saturated heterocycles. The lowest BCUT2D eigenvalue weighted by Crippen LogP contribution is -2.21. The molecular weight excluding hydrogens is 208 g/mol. The molecule has 0 aliphatic rings. The molecule has 1 aromatic rings. The van der Waals surface area contributed by atoms with Crippen molar-refractivity contribution >= 4 is 11.3 Å². The monoisotopic (exact) mass is 228 g/mol. The van der Waals surface area contributed by atoms with Crippen LogP contribution >= 0.6 is 11.3 Å². The van der Waals surface area contributed by atoms with E-state index in [1.807, 2.05) is 5.51 Å². The fraction of sp³-hybridized carbons (Fsp3) is 0.727. The van der Waals surface area contributed by atoms with Gasteiger partial charge in [-0.05, 0) is 33.7 Å². The molecule has 0 saturated carbocycles. The van der Waals surface area contributed by atoms with Gasteiger partial charge in [-0.25, -0.2) is 4.98 Å². The molecule has 1 atom stereocenters. The average Bonchev–Trinajstić information content (AvgIpc) is 2.69. The van der Waals surface area contributed by atoms with Crippen LogP contribution in [0, 0.1) is 0 Å². The minimum Gasteiger partial charge on any atom is -0.379 e. The Morgan fingerprint density at radius 2 is 2.27 bits per heavy atom. The number of ether oxygens (including phenoxy) is 1. The van der Waals surface area contributed by atoms with Crippen LogP contribution in [0.4, 0.5) is 0 Å². The molecule has 15 heavy (non-hydrogen) atoms. The second-order valence-corrected chi connectivity index (χ2v) is 4.58. The van der Waals surface area contributed by atoms with Crippen molar-refractivity contribution in [3.05, 3.63) is 16.6 Å². The first-order chi connectivity index (χ1) is 7.20. The molecule has 1 heterocycles. The highest BCUT2D eigenvalue weighted by molar-refractivity contribution is 7.07. The summed E-state index contributed by atoms with van der Waals surface area (Å²) in [6, 6.07) is 0.343. The smallest absolute Gasteiger partial charge is 0.0795 e. The van der Waals surface area contributed by atoms with Gasteiger partial charge in [-0.15, -0.1) is 11.3 Å². The third-order valence-corrected chi connectivity index (χ3v) is 2.72. The number of thiazole rings is 1. The predicted molar refractivity (Wildman–Crippen MR) is 64.2 cm³/mol. The lowest BCUT2D eigenvalue weighted by atomic mass is 10.2. The summed E-state index contributed by atoms with van der Waals surface area (Å²) in [6.45, 7) is 8.06.